The van der Waals surface area contributed by atoms with Crippen molar-refractivity contribution < 1.29 is 19.3 Å². The zero-order valence-corrected chi connectivity index (χ0v) is 11.4. The van der Waals surface area contributed by atoms with Crippen molar-refractivity contribution >= 4 is 17.4 Å². The number of halogens is 2. The molecule has 1 aromatic heterocycles. The van der Waals surface area contributed by atoms with Crippen LogP contribution in [-0.2, 0) is 4.74 Å². The molecule has 1 fully saturated rings. The van der Waals surface area contributed by atoms with E-state index in [2.05, 4.69) is 4.98 Å². The molecule has 1 saturated heterocycles. The number of alkyl halides is 2. The molecule has 0 aromatic carbocycles. The molecular formula is C11H15ClFN3O4. The summed E-state index contributed by atoms with van der Waals surface area (Å²) < 4.78 is 20.1. The van der Waals surface area contributed by atoms with E-state index in [0.29, 0.717) is 0 Å². The maximum atomic E-state index is 13.7. The highest BCUT2D eigenvalue weighted by molar-refractivity contribution is 6.21. The summed E-state index contributed by atoms with van der Waals surface area (Å²) in [6.07, 6.45) is -3.04. The van der Waals surface area contributed by atoms with Gasteiger partial charge in [0, 0.05) is 6.20 Å². The van der Waals surface area contributed by atoms with Gasteiger partial charge in [0.25, 0.3) is 0 Å². The van der Waals surface area contributed by atoms with E-state index in [0.717, 1.165) is 11.5 Å². The van der Waals surface area contributed by atoms with Crippen molar-refractivity contribution in [1.29, 1.82) is 0 Å². The average Bonchev–Trinajstić information content (AvgIpc) is 2.64. The van der Waals surface area contributed by atoms with Gasteiger partial charge in [0.1, 0.15) is 23.5 Å². The molecule has 5 atom stereocenters. The lowest BCUT2D eigenvalue weighted by molar-refractivity contribution is -0.161. The average molecular weight is 308 g/mol. The number of nitrogens with zero attached hydrogens (tertiary/aromatic N) is 2. The van der Waals surface area contributed by atoms with Crippen LogP contribution in [0.5, 0.6) is 0 Å². The Morgan fingerprint density at radius 2 is 2.40 bits per heavy atom. The van der Waals surface area contributed by atoms with Gasteiger partial charge >= 0.3 is 5.69 Å². The molecule has 20 heavy (non-hydrogen) atoms. The van der Waals surface area contributed by atoms with Gasteiger partial charge in [-0.2, -0.15) is 4.98 Å². The van der Waals surface area contributed by atoms with Crippen LogP contribution in [0.3, 0.4) is 0 Å². The Kier molecular flexibility index (Phi) is 4.01. The Labute approximate surface area is 118 Å². The first-order valence-corrected chi connectivity index (χ1v) is 6.36. The number of anilines is 1. The first-order valence-electron chi connectivity index (χ1n) is 5.93. The van der Waals surface area contributed by atoms with E-state index in [-0.39, 0.29) is 5.82 Å². The van der Waals surface area contributed by atoms with Crippen LogP contribution in [0.2, 0.25) is 0 Å². The van der Waals surface area contributed by atoms with Gasteiger partial charge in [-0.1, -0.05) is 0 Å². The molecule has 112 valence electrons. The summed E-state index contributed by atoms with van der Waals surface area (Å²) >= 11 is 6.01. The van der Waals surface area contributed by atoms with Crippen LogP contribution in [-0.4, -0.2) is 49.6 Å². The highest BCUT2D eigenvalue weighted by atomic mass is 35.5. The molecule has 0 aliphatic carbocycles. The third-order valence-corrected chi connectivity index (χ3v) is 3.92. The van der Waals surface area contributed by atoms with Crippen LogP contribution in [0.1, 0.15) is 13.2 Å². The summed E-state index contributed by atoms with van der Waals surface area (Å²) in [7, 11) is 0. The molecule has 2 unspecified atom stereocenters. The highest BCUT2D eigenvalue weighted by Crippen LogP contribution is 2.42. The van der Waals surface area contributed by atoms with E-state index in [1.165, 1.54) is 12.3 Å². The zero-order valence-electron chi connectivity index (χ0n) is 10.6. The van der Waals surface area contributed by atoms with Crippen molar-refractivity contribution in [3.63, 3.8) is 0 Å². The Morgan fingerprint density at radius 1 is 1.75 bits per heavy atom. The van der Waals surface area contributed by atoms with Crippen LogP contribution in [0.15, 0.2) is 17.1 Å². The molecule has 1 aliphatic heterocycles. The predicted molar refractivity (Wildman–Crippen MR) is 69.1 cm³/mol. The second kappa shape index (κ2) is 5.28. The van der Waals surface area contributed by atoms with Gasteiger partial charge in [0.2, 0.25) is 0 Å². The van der Waals surface area contributed by atoms with Gasteiger partial charge in [0.05, 0.1) is 6.61 Å². The third-order valence-electron chi connectivity index (χ3n) is 3.46. The van der Waals surface area contributed by atoms with Gasteiger partial charge < -0.3 is 20.7 Å². The molecule has 2 rings (SSSR count). The number of aromatic nitrogens is 2. The Morgan fingerprint density at radius 3 is 2.85 bits per heavy atom. The molecule has 0 amide bonds. The van der Waals surface area contributed by atoms with Crippen LogP contribution >= 0.6 is 11.6 Å². The van der Waals surface area contributed by atoms with Gasteiger partial charge in [-0.25, -0.2) is 9.18 Å². The minimum absolute atomic E-state index is 0.0169. The van der Waals surface area contributed by atoms with Crippen molar-refractivity contribution in [3.8, 4) is 0 Å². The SMILES string of the molecule is CC(F)[C@]1(CO)OC(n2ccc(N)nc2=O)[C@H](Cl)[C@@H]1O. The summed E-state index contributed by atoms with van der Waals surface area (Å²) in [5.41, 5.74) is 2.75. The van der Waals surface area contributed by atoms with Crippen LogP contribution in [0.4, 0.5) is 10.2 Å². The highest BCUT2D eigenvalue weighted by Gasteiger charge is 2.58. The van der Waals surface area contributed by atoms with E-state index in [1.807, 2.05) is 0 Å². The number of nitrogens with two attached hydrogens (primary N) is 1. The second-order valence-corrected chi connectivity index (χ2v) is 5.17. The fourth-order valence-electron chi connectivity index (χ4n) is 2.20. The van der Waals surface area contributed by atoms with Gasteiger partial charge in [0.15, 0.2) is 11.8 Å². The lowest BCUT2D eigenvalue weighted by Gasteiger charge is -2.31. The summed E-state index contributed by atoms with van der Waals surface area (Å²) in [4.78, 5) is 15.2. The zero-order chi connectivity index (χ0) is 15.1. The van der Waals surface area contributed by atoms with Crippen molar-refractivity contribution in [1.82, 2.24) is 9.55 Å². The van der Waals surface area contributed by atoms with Crippen molar-refractivity contribution in [2.24, 2.45) is 0 Å². The lowest BCUT2D eigenvalue weighted by Crippen LogP contribution is -2.51. The van der Waals surface area contributed by atoms with Crippen LogP contribution in [0.25, 0.3) is 0 Å². The Hall–Kier alpha value is -1.22. The van der Waals surface area contributed by atoms with Crippen molar-refractivity contribution in [2.45, 2.75) is 36.4 Å². The number of aliphatic hydroxyl groups excluding tert-OH is 2. The molecule has 1 aromatic rings. The maximum absolute atomic E-state index is 13.7. The predicted octanol–water partition coefficient (Wildman–Crippen LogP) is -0.588. The first kappa shape index (κ1) is 15.2. The van der Waals surface area contributed by atoms with Gasteiger partial charge in [-0.15, -0.1) is 11.6 Å². The normalized spacial score (nSPS) is 35.1. The third kappa shape index (κ3) is 2.18. The number of aliphatic hydroxyl groups is 2. The summed E-state index contributed by atoms with van der Waals surface area (Å²) in [5, 5.41) is 18.3. The summed E-state index contributed by atoms with van der Waals surface area (Å²) in [6.45, 7) is 0.359. The quantitative estimate of drug-likeness (QED) is 0.644. The fraction of sp³-hybridized carbons (Fsp3) is 0.636. The Bertz CT molecular complexity index is 555. The van der Waals surface area contributed by atoms with Crippen LogP contribution < -0.4 is 11.4 Å². The molecule has 0 radical (unpaired) electrons. The lowest BCUT2D eigenvalue weighted by atomic mass is 9.93. The number of nitrogen functional groups attached to an aromatic ring is 1. The molecule has 9 heteroatoms. The number of ether oxygens (including phenoxy) is 1. The minimum Gasteiger partial charge on any atom is -0.393 e. The molecular weight excluding hydrogens is 293 g/mol. The number of hydrogen-bond donors (Lipinski definition) is 3. The second-order valence-electron chi connectivity index (χ2n) is 4.67. The van der Waals surface area contributed by atoms with Crippen molar-refractivity contribution in [2.75, 3.05) is 12.3 Å². The molecule has 4 N–H and O–H groups in total. The van der Waals surface area contributed by atoms with E-state index < -0.39 is 41.8 Å². The number of hydrogen-bond acceptors (Lipinski definition) is 6. The van der Waals surface area contributed by atoms with E-state index in [9.17, 15) is 19.4 Å². The fourth-order valence-corrected chi connectivity index (χ4v) is 2.59. The standard InChI is InChI=1S/C11H15ClFN3O4/c1-5(13)11(4-17)8(18)7(12)9(20-11)16-3-2-6(14)15-10(16)19/h2-3,5,7-9,17-18H,4H2,1H3,(H2,14,15,19)/t5?,7-,8+,9?,11+/m1/s1. The van der Waals surface area contributed by atoms with Crippen molar-refractivity contribution in [3.05, 3.63) is 22.7 Å². The summed E-state index contributed by atoms with van der Waals surface area (Å²) in [5.74, 6) is 0.0169. The molecule has 0 saturated carbocycles. The molecule has 0 spiro atoms. The number of rotatable bonds is 3. The van der Waals surface area contributed by atoms with Gasteiger partial charge in [-0.3, -0.25) is 4.57 Å². The minimum atomic E-state index is -1.88. The van der Waals surface area contributed by atoms with Gasteiger partial charge in [-0.05, 0) is 13.0 Å². The van der Waals surface area contributed by atoms with E-state index >= 15 is 0 Å². The van der Waals surface area contributed by atoms with E-state index in [1.54, 1.807) is 0 Å². The maximum Gasteiger partial charge on any atom is 0.351 e. The monoisotopic (exact) mass is 307 g/mol. The summed E-state index contributed by atoms with van der Waals surface area (Å²) in [6, 6.07) is 1.35. The largest absolute Gasteiger partial charge is 0.393 e. The first-order chi connectivity index (χ1) is 9.33. The van der Waals surface area contributed by atoms with E-state index in [4.69, 9.17) is 22.1 Å². The Balaban J connectivity index is 2.42. The van der Waals surface area contributed by atoms with Crippen LogP contribution in [0, 0.1) is 0 Å². The molecule has 1 aliphatic rings. The molecule has 0 bridgehead atoms. The molecule has 2 heterocycles. The molecule has 7 nitrogen and oxygen atoms in total. The topological polar surface area (TPSA) is 111 Å². The smallest absolute Gasteiger partial charge is 0.351 e.